The van der Waals surface area contributed by atoms with Crippen LogP contribution in [0.3, 0.4) is 0 Å². The number of hydrogen-bond acceptors (Lipinski definition) is 4. The molecule has 1 aliphatic heterocycles. The Kier molecular flexibility index (Phi) is 4.94. The molecule has 0 atom stereocenters. The van der Waals surface area contributed by atoms with Gasteiger partial charge in [-0.2, -0.15) is 0 Å². The Hall–Kier alpha value is -0.980. The molecule has 1 saturated heterocycles. The molecule has 0 amide bonds. The maximum Gasteiger partial charge on any atom is 0.214 e. The van der Waals surface area contributed by atoms with Gasteiger partial charge in [-0.15, -0.1) is 0 Å². The van der Waals surface area contributed by atoms with Crippen molar-refractivity contribution in [2.24, 2.45) is 5.73 Å². The molecule has 0 bridgehead atoms. The minimum absolute atomic E-state index is 0.218. The summed E-state index contributed by atoms with van der Waals surface area (Å²) >= 11 is 0. The van der Waals surface area contributed by atoms with Gasteiger partial charge in [0.15, 0.2) is 0 Å². The number of pyridine rings is 1. The van der Waals surface area contributed by atoms with Crippen LogP contribution >= 0.6 is 0 Å². The number of nitrogens with two attached hydrogens (primary N) is 1. The third-order valence-corrected chi connectivity index (χ3v) is 6.90. The Morgan fingerprint density at radius 2 is 1.95 bits per heavy atom. The van der Waals surface area contributed by atoms with Gasteiger partial charge in [-0.25, -0.2) is 12.7 Å². The van der Waals surface area contributed by atoms with Gasteiger partial charge in [-0.3, -0.25) is 4.98 Å². The fourth-order valence-electron chi connectivity index (χ4n) is 3.41. The molecular weight excluding hydrogens is 298 g/mol. The predicted molar refractivity (Wildman–Crippen MR) is 89.1 cm³/mol. The first-order chi connectivity index (χ1) is 10.2. The molecule has 2 rings (SSSR count). The number of aromatic nitrogens is 1. The molecule has 1 fully saturated rings. The Morgan fingerprint density at radius 1 is 1.32 bits per heavy atom. The van der Waals surface area contributed by atoms with Crippen molar-refractivity contribution in [3.05, 3.63) is 30.1 Å². The molecule has 0 unspecified atom stereocenters. The second-order valence-electron chi connectivity index (χ2n) is 6.73. The highest BCUT2D eigenvalue weighted by molar-refractivity contribution is 7.89. The van der Waals surface area contributed by atoms with E-state index in [1.807, 2.05) is 39.0 Å². The van der Waals surface area contributed by atoms with E-state index >= 15 is 0 Å². The number of nitrogens with zero attached hydrogens (tertiary/aromatic N) is 2. The fourth-order valence-corrected chi connectivity index (χ4v) is 4.92. The van der Waals surface area contributed by atoms with Gasteiger partial charge in [0.25, 0.3) is 0 Å². The zero-order valence-corrected chi connectivity index (χ0v) is 14.6. The third kappa shape index (κ3) is 3.19. The van der Waals surface area contributed by atoms with E-state index in [2.05, 4.69) is 4.98 Å². The van der Waals surface area contributed by atoms with E-state index in [1.54, 1.807) is 10.5 Å². The van der Waals surface area contributed by atoms with E-state index < -0.39 is 15.6 Å². The van der Waals surface area contributed by atoms with E-state index in [0.29, 0.717) is 32.4 Å². The highest BCUT2D eigenvalue weighted by Gasteiger charge is 2.48. The van der Waals surface area contributed by atoms with Gasteiger partial charge in [0.2, 0.25) is 10.0 Å². The van der Waals surface area contributed by atoms with Gasteiger partial charge in [0.05, 0.1) is 5.75 Å². The first kappa shape index (κ1) is 17.4. The monoisotopic (exact) mass is 325 g/mol. The van der Waals surface area contributed by atoms with E-state index in [9.17, 15) is 8.42 Å². The van der Waals surface area contributed by atoms with Crippen molar-refractivity contribution in [2.45, 2.75) is 51.0 Å². The molecule has 0 radical (unpaired) electrons. The molecule has 22 heavy (non-hydrogen) atoms. The lowest BCUT2D eigenvalue weighted by molar-refractivity contribution is 0.149. The molecule has 2 heterocycles. The highest BCUT2D eigenvalue weighted by atomic mass is 32.2. The Labute approximate surface area is 134 Å². The van der Waals surface area contributed by atoms with Gasteiger partial charge < -0.3 is 5.73 Å². The van der Waals surface area contributed by atoms with E-state index in [1.165, 1.54) is 0 Å². The lowest BCUT2D eigenvalue weighted by Crippen LogP contribution is -2.59. The van der Waals surface area contributed by atoms with Gasteiger partial charge >= 0.3 is 0 Å². The number of rotatable bonds is 5. The summed E-state index contributed by atoms with van der Waals surface area (Å²) in [6, 6.07) is 5.86. The van der Waals surface area contributed by atoms with Crippen LogP contribution in [0.2, 0.25) is 0 Å². The lowest BCUT2D eigenvalue weighted by atomic mass is 9.64. The summed E-state index contributed by atoms with van der Waals surface area (Å²) in [5.74, 6) is 0.218. The van der Waals surface area contributed by atoms with Crippen molar-refractivity contribution < 1.29 is 8.42 Å². The van der Waals surface area contributed by atoms with Crippen LogP contribution in [-0.2, 0) is 15.4 Å². The summed E-state index contributed by atoms with van der Waals surface area (Å²) in [4.78, 5) is 4.52. The Bertz CT molecular complexity index is 586. The van der Waals surface area contributed by atoms with Gasteiger partial charge in [0, 0.05) is 35.9 Å². The SMILES string of the molecule is CCCS(=O)(=O)N1CCC(c2ccccn2)(C(C)(C)N)CC1. The molecule has 0 aromatic carbocycles. The van der Waals surface area contributed by atoms with Gasteiger partial charge in [-0.05, 0) is 45.2 Å². The van der Waals surface area contributed by atoms with Crippen LogP contribution in [0, 0.1) is 0 Å². The fraction of sp³-hybridized carbons (Fsp3) is 0.688. The topological polar surface area (TPSA) is 76.3 Å². The van der Waals surface area contributed by atoms with Crippen LogP contribution in [0.5, 0.6) is 0 Å². The van der Waals surface area contributed by atoms with Crippen molar-refractivity contribution in [1.29, 1.82) is 0 Å². The maximum absolute atomic E-state index is 12.3. The summed E-state index contributed by atoms with van der Waals surface area (Å²) in [5.41, 5.74) is 6.71. The zero-order valence-electron chi connectivity index (χ0n) is 13.7. The summed E-state index contributed by atoms with van der Waals surface area (Å²) in [7, 11) is -3.14. The maximum atomic E-state index is 12.3. The molecular formula is C16H27N3O2S. The first-order valence-electron chi connectivity index (χ1n) is 7.91. The quantitative estimate of drug-likeness (QED) is 0.897. The molecule has 1 aromatic rings. The van der Waals surface area contributed by atoms with Crippen molar-refractivity contribution in [3.63, 3.8) is 0 Å². The highest BCUT2D eigenvalue weighted by Crippen LogP contribution is 2.42. The summed E-state index contributed by atoms with van der Waals surface area (Å²) in [6.45, 7) is 6.94. The van der Waals surface area contributed by atoms with Crippen molar-refractivity contribution in [1.82, 2.24) is 9.29 Å². The van der Waals surface area contributed by atoms with Crippen molar-refractivity contribution in [3.8, 4) is 0 Å². The van der Waals surface area contributed by atoms with Crippen molar-refractivity contribution in [2.75, 3.05) is 18.8 Å². The van der Waals surface area contributed by atoms with E-state index in [0.717, 1.165) is 5.69 Å². The van der Waals surface area contributed by atoms with E-state index in [4.69, 9.17) is 5.73 Å². The van der Waals surface area contributed by atoms with Gasteiger partial charge in [0.1, 0.15) is 0 Å². The van der Waals surface area contributed by atoms with Crippen LogP contribution in [0.25, 0.3) is 0 Å². The predicted octanol–water partition coefficient (Wildman–Crippen LogP) is 1.89. The summed E-state index contributed by atoms with van der Waals surface area (Å²) in [5, 5.41) is 0. The second kappa shape index (κ2) is 6.26. The van der Waals surface area contributed by atoms with Gasteiger partial charge in [-0.1, -0.05) is 13.0 Å². The average molecular weight is 325 g/mol. The average Bonchev–Trinajstić information content (AvgIpc) is 2.47. The molecule has 0 spiro atoms. The lowest BCUT2D eigenvalue weighted by Gasteiger charge is -2.49. The zero-order chi connectivity index (χ0) is 16.4. The minimum atomic E-state index is -3.14. The van der Waals surface area contributed by atoms with Crippen LogP contribution in [0.1, 0.15) is 45.7 Å². The number of sulfonamides is 1. The number of hydrogen-bond donors (Lipinski definition) is 1. The molecule has 5 nitrogen and oxygen atoms in total. The second-order valence-corrected chi connectivity index (χ2v) is 8.82. The van der Waals surface area contributed by atoms with Crippen LogP contribution in [0.4, 0.5) is 0 Å². The molecule has 0 saturated carbocycles. The first-order valence-corrected chi connectivity index (χ1v) is 9.52. The molecule has 1 aliphatic rings. The molecule has 124 valence electrons. The van der Waals surface area contributed by atoms with Crippen LogP contribution in [0.15, 0.2) is 24.4 Å². The number of piperidine rings is 1. The smallest absolute Gasteiger partial charge is 0.214 e. The van der Waals surface area contributed by atoms with Crippen LogP contribution in [-0.4, -0.2) is 42.1 Å². The molecule has 0 aliphatic carbocycles. The normalized spacial score (nSPS) is 20.0. The summed E-state index contributed by atoms with van der Waals surface area (Å²) in [6.07, 6.45) is 3.84. The molecule has 1 aromatic heterocycles. The van der Waals surface area contributed by atoms with Crippen molar-refractivity contribution >= 4 is 10.0 Å². The largest absolute Gasteiger partial charge is 0.325 e. The van der Waals surface area contributed by atoms with E-state index in [-0.39, 0.29) is 11.2 Å². The van der Waals surface area contributed by atoms with Crippen LogP contribution < -0.4 is 5.73 Å². The standard InChI is InChI=1S/C16H27N3O2S/c1-4-13-22(20,21)19-11-8-16(9-12-19,15(2,3)17)14-7-5-6-10-18-14/h5-7,10H,4,8-9,11-13,17H2,1-3H3. The summed E-state index contributed by atoms with van der Waals surface area (Å²) < 4.78 is 26.1. The Balaban J connectivity index is 2.27. The molecule has 2 N–H and O–H groups in total. The minimum Gasteiger partial charge on any atom is -0.325 e. The Morgan fingerprint density at radius 3 is 2.41 bits per heavy atom. The third-order valence-electron chi connectivity index (χ3n) is 4.82. The molecule has 6 heteroatoms.